The summed E-state index contributed by atoms with van der Waals surface area (Å²) in [6.07, 6.45) is 1.73. The molecule has 1 rings (SSSR count). The maximum absolute atomic E-state index is 11.0. The van der Waals surface area contributed by atoms with E-state index in [2.05, 4.69) is 5.43 Å². The number of hydrogen-bond acceptors (Lipinski definition) is 5. The number of rotatable bonds is 8. The summed E-state index contributed by atoms with van der Waals surface area (Å²) in [7, 11) is 1.48. The molecule has 0 spiro atoms. The first kappa shape index (κ1) is 15.8. The molecule has 110 valence electrons. The Morgan fingerprint density at radius 3 is 2.60 bits per heavy atom. The lowest BCUT2D eigenvalue weighted by Gasteiger charge is -2.11. The van der Waals surface area contributed by atoms with Crippen LogP contribution in [0.15, 0.2) is 18.2 Å². The van der Waals surface area contributed by atoms with Gasteiger partial charge in [-0.2, -0.15) is 0 Å². The molecule has 1 aromatic carbocycles. The number of amides is 2. The Kier molecular flexibility index (Phi) is 6.31. The number of methoxy groups -OCH3 is 1. The van der Waals surface area contributed by atoms with Crippen molar-refractivity contribution in [3.8, 4) is 11.5 Å². The molecule has 2 amide bonds. The fourth-order valence-electron chi connectivity index (χ4n) is 1.58. The van der Waals surface area contributed by atoms with Gasteiger partial charge < -0.3 is 15.2 Å². The fourth-order valence-corrected chi connectivity index (χ4v) is 1.58. The molecular formula is C13H19N3O4. The zero-order valence-corrected chi connectivity index (χ0v) is 11.3. The molecule has 0 aliphatic rings. The minimum atomic E-state index is -0.525. The van der Waals surface area contributed by atoms with Crippen LogP contribution in [0.4, 0.5) is 0 Å². The molecule has 0 unspecified atom stereocenters. The van der Waals surface area contributed by atoms with Crippen LogP contribution in [-0.4, -0.2) is 25.5 Å². The minimum Gasteiger partial charge on any atom is -0.493 e. The van der Waals surface area contributed by atoms with Crippen LogP contribution in [0.25, 0.3) is 0 Å². The fraction of sp³-hybridized carbons (Fsp3) is 0.385. The number of carbonyl (C=O) groups excluding carboxylic acids is 2. The van der Waals surface area contributed by atoms with Gasteiger partial charge in [0.2, 0.25) is 11.8 Å². The summed E-state index contributed by atoms with van der Waals surface area (Å²) in [5.74, 6) is 5.22. The first-order valence-electron chi connectivity index (χ1n) is 6.18. The predicted molar refractivity (Wildman–Crippen MR) is 73.2 cm³/mol. The van der Waals surface area contributed by atoms with E-state index in [-0.39, 0.29) is 5.91 Å². The number of ether oxygens (including phenoxy) is 2. The lowest BCUT2D eigenvalue weighted by molar-refractivity contribution is -0.121. The lowest BCUT2D eigenvalue weighted by atomic mass is 10.2. The standard InChI is InChI=1S/C13H19N3O4/c1-19-11-8-9(13(14)18)5-6-10(11)20-7-3-2-4-12(17)16-15/h5-6,8H,2-4,7,15H2,1H3,(H2,14,18)(H,16,17). The third-order valence-corrected chi connectivity index (χ3v) is 2.66. The van der Waals surface area contributed by atoms with Gasteiger partial charge >= 0.3 is 0 Å². The summed E-state index contributed by atoms with van der Waals surface area (Å²) in [5.41, 5.74) is 7.61. The van der Waals surface area contributed by atoms with E-state index in [9.17, 15) is 9.59 Å². The average Bonchev–Trinajstić information content (AvgIpc) is 2.46. The van der Waals surface area contributed by atoms with E-state index in [1.807, 2.05) is 0 Å². The third-order valence-electron chi connectivity index (χ3n) is 2.66. The number of hydrogen-bond donors (Lipinski definition) is 3. The van der Waals surface area contributed by atoms with E-state index in [1.165, 1.54) is 13.2 Å². The van der Waals surface area contributed by atoms with Crippen LogP contribution in [-0.2, 0) is 4.79 Å². The Balaban J connectivity index is 2.47. The number of nitrogens with two attached hydrogens (primary N) is 2. The second kappa shape index (κ2) is 8.00. The first-order valence-corrected chi connectivity index (χ1v) is 6.18. The van der Waals surface area contributed by atoms with E-state index in [1.54, 1.807) is 12.1 Å². The molecule has 20 heavy (non-hydrogen) atoms. The summed E-state index contributed by atoms with van der Waals surface area (Å²) < 4.78 is 10.7. The zero-order valence-electron chi connectivity index (χ0n) is 11.3. The highest BCUT2D eigenvalue weighted by molar-refractivity contribution is 5.93. The third kappa shape index (κ3) is 4.77. The molecule has 0 heterocycles. The van der Waals surface area contributed by atoms with Gasteiger partial charge in [0, 0.05) is 12.0 Å². The number of carbonyl (C=O) groups is 2. The summed E-state index contributed by atoms with van der Waals surface area (Å²) in [6.45, 7) is 0.435. The minimum absolute atomic E-state index is 0.201. The molecule has 0 aliphatic carbocycles. The quantitative estimate of drug-likeness (QED) is 0.275. The number of hydrazine groups is 1. The normalized spacial score (nSPS) is 9.90. The van der Waals surface area contributed by atoms with E-state index < -0.39 is 5.91 Å². The van der Waals surface area contributed by atoms with Gasteiger partial charge in [0.05, 0.1) is 13.7 Å². The van der Waals surface area contributed by atoms with Crippen LogP contribution in [0, 0.1) is 0 Å². The van der Waals surface area contributed by atoms with Gasteiger partial charge in [0.25, 0.3) is 0 Å². The Bertz CT molecular complexity index is 477. The summed E-state index contributed by atoms with van der Waals surface area (Å²) in [6, 6.07) is 4.73. The average molecular weight is 281 g/mol. The number of nitrogens with one attached hydrogen (secondary N) is 1. The monoisotopic (exact) mass is 281 g/mol. The van der Waals surface area contributed by atoms with Crippen molar-refractivity contribution in [2.24, 2.45) is 11.6 Å². The molecule has 0 aliphatic heterocycles. The van der Waals surface area contributed by atoms with Gasteiger partial charge in [-0.1, -0.05) is 0 Å². The van der Waals surface area contributed by atoms with Crippen molar-refractivity contribution in [3.63, 3.8) is 0 Å². The second-order valence-electron chi connectivity index (χ2n) is 4.10. The Hall–Kier alpha value is -2.28. The van der Waals surface area contributed by atoms with E-state index in [0.717, 1.165) is 0 Å². The van der Waals surface area contributed by atoms with Crippen LogP contribution in [0.5, 0.6) is 11.5 Å². The van der Waals surface area contributed by atoms with Crippen molar-refractivity contribution in [3.05, 3.63) is 23.8 Å². The van der Waals surface area contributed by atoms with Crippen LogP contribution in [0.1, 0.15) is 29.6 Å². The van der Waals surface area contributed by atoms with Gasteiger partial charge in [0.1, 0.15) is 0 Å². The van der Waals surface area contributed by atoms with Gasteiger partial charge in [0.15, 0.2) is 11.5 Å². The second-order valence-corrected chi connectivity index (χ2v) is 4.10. The van der Waals surface area contributed by atoms with Crippen LogP contribution >= 0.6 is 0 Å². The van der Waals surface area contributed by atoms with E-state index in [0.29, 0.717) is 42.9 Å². The van der Waals surface area contributed by atoms with E-state index >= 15 is 0 Å². The molecule has 0 atom stereocenters. The van der Waals surface area contributed by atoms with Gasteiger partial charge in [-0.15, -0.1) is 0 Å². The topological polar surface area (TPSA) is 117 Å². The summed E-state index contributed by atoms with van der Waals surface area (Å²) >= 11 is 0. The van der Waals surface area contributed by atoms with Gasteiger partial charge in [-0.25, -0.2) is 5.84 Å². The summed E-state index contributed by atoms with van der Waals surface area (Å²) in [5, 5.41) is 0. The molecular weight excluding hydrogens is 262 g/mol. The van der Waals surface area contributed by atoms with Crippen molar-refractivity contribution in [2.45, 2.75) is 19.3 Å². The van der Waals surface area contributed by atoms with Crippen LogP contribution in [0.3, 0.4) is 0 Å². The molecule has 0 saturated carbocycles. The van der Waals surface area contributed by atoms with E-state index in [4.69, 9.17) is 21.1 Å². The molecule has 0 bridgehead atoms. The molecule has 1 aromatic rings. The van der Waals surface area contributed by atoms with Gasteiger partial charge in [-0.3, -0.25) is 15.0 Å². The largest absolute Gasteiger partial charge is 0.493 e. The molecule has 7 heteroatoms. The highest BCUT2D eigenvalue weighted by Gasteiger charge is 2.08. The SMILES string of the molecule is COc1cc(C(N)=O)ccc1OCCCCC(=O)NN. The summed E-state index contributed by atoms with van der Waals surface area (Å²) in [4.78, 5) is 22.0. The van der Waals surface area contributed by atoms with Crippen molar-refractivity contribution in [1.29, 1.82) is 0 Å². The smallest absolute Gasteiger partial charge is 0.248 e. The lowest BCUT2D eigenvalue weighted by Crippen LogP contribution is -2.29. The molecule has 0 fully saturated rings. The first-order chi connectivity index (χ1) is 9.58. The van der Waals surface area contributed by atoms with Gasteiger partial charge in [-0.05, 0) is 31.0 Å². The maximum Gasteiger partial charge on any atom is 0.248 e. The zero-order chi connectivity index (χ0) is 15.0. The highest BCUT2D eigenvalue weighted by atomic mass is 16.5. The molecule has 5 N–H and O–H groups in total. The van der Waals surface area contributed by atoms with Crippen molar-refractivity contribution >= 4 is 11.8 Å². The maximum atomic E-state index is 11.0. The molecule has 0 radical (unpaired) electrons. The predicted octanol–water partition coefficient (Wildman–Crippen LogP) is 0.333. The molecule has 7 nitrogen and oxygen atoms in total. The molecule has 0 aromatic heterocycles. The number of benzene rings is 1. The number of primary amides is 1. The van der Waals surface area contributed by atoms with Crippen LogP contribution in [0.2, 0.25) is 0 Å². The van der Waals surface area contributed by atoms with Crippen molar-refractivity contribution in [1.82, 2.24) is 5.43 Å². The molecule has 0 saturated heterocycles. The van der Waals surface area contributed by atoms with Crippen LogP contribution < -0.4 is 26.5 Å². The van der Waals surface area contributed by atoms with Crippen molar-refractivity contribution < 1.29 is 19.1 Å². The Morgan fingerprint density at radius 2 is 2.00 bits per heavy atom. The Morgan fingerprint density at radius 1 is 1.25 bits per heavy atom. The Labute approximate surface area is 117 Å². The van der Waals surface area contributed by atoms with Crippen molar-refractivity contribution in [2.75, 3.05) is 13.7 Å². The number of unbranched alkanes of at least 4 members (excludes halogenated alkanes) is 1. The highest BCUT2D eigenvalue weighted by Crippen LogP contribution is 2.28.